The zero-order chi connectivity index (χ0) is 50.0. The molecule has 67 heavy (non-hydrogen) atoms. The maximum atomic E-state index is 16.8. The van der Waals surface area contributed by atoms with Crippen LogP contribution < -0.4 is 5.73 Å². The standard InChI is InChI=1S/C48H74FNO17/c1-27-18-16-14-12-10-8-6-7-9-11-13-15-17-19-34(66-47-44(60)40(50)42(58)30(4)65-47)25-37-39(46(62)63-5)43(59)45(61)48(49,67-37)26-33(53)23-36(55)35(54)21-20-31(51)22-32(52)24-38(56)64-29(3)28(2)41(27)57/h6-19,27-37,39-45,47,51-55,57-61H,20-26,50H2,1-5H3/b7-6+,10-8+,11-9+,14-12+,15-13+,18-16+,19-17+. The Labute approximate surface area is 391 Å². The predicted octanol–water partition coefficient (Wildman–Crippen LogP) is 0.748. The molecule has 0 radical (unpaired) electrons. The summed E-state index contributed by atoms with van der Waals surface area (Å²) in [5.74, 6) is -7.56. The van der Waals surface area contributed by atoms with E-state index in [4.69, 9.17) is 29.4 Å². The quantitative estimate of drug-likeness (QED) is 0.174. The van der Waals surface area contributed by atoms with Crippen LogP contribution in [0, 0.1) is 17.8 Å². The van der Waals surface area contributed by atoms with Crippen LogP contribution >= 0.6 is 0 Å². The van der Waals surface area contributed by atoms with Crippen molar-refractivity contribution in [3.63, 3.8) is 0 Å². The van der Waals surface area contributed by atoms with Crippen molar-refractivity contribution < 1.29 is 88.7 Å². The summed E-state index contributed by atoms with van der Waals surface area (Å²) in [4.78, 5) is 25.7. The molecule has 20 atom stereocenters. The maximum absolute atomic E-state index is 16.8. The molecule has 0 aromatic carbocycles. The first-order valence-corrected chi connectivity index (χ1v) is 22.8. The second-order valence-corrected chi connectivity index (χ2v) is 17.8. The van der Waals surface area contributed by atoms with Crippen molar-refractivity contribution in [1.82, 2.24) is 0 Å². The van der Waals surface area contributed by atoms with Crippen molar-refractivity contribution in [1.29, 1.82) is 0 Å². The average Bonchev–Trinajstić information content (AvgIpc) is 3.27. The Hall–Kier alpha value is -3.51. The third-order valence-electron chi connectivity index (χ3n) is 12.3. The van der Waals surface area contributed by atoms with E-state index in [1.54, 1.807) is 80.7 Å². The molecule has 2 fully saturated rings. The van der Waals surface area contributed by atoms with Crippen LogP contribution in [-0.2, 0) is 33.3 Å². The smallest absolute Gasteiger partial charge is 0.314 e. The van der Waals surface area contributed by atoms with Crippen LogP contribution in [0.25, 0.3) is 0 Å². The molecule has 0 amide bonds. The summed E-state index contributed by atoms with van der Waals surface area (Å²) in [5, 5.41) is 108. The lowest BCUT2D eigenvalue weighted by Crippen LogP contribution is -2.63. The molecule has 0 spiro atoms. The minimum Gasteiger partial charge on any atom is -0.469 e. The van der Waals surface area contributed by atoms with Gasteiger partial charge in [0.15, 0.2) is 6.29 Å². The molecule has 19 heteroatoms. The summed E-state index contributed by atoms with van der Waals surface area (Å²) in [7, 11) is 1.01. The molecule has 2 saturated heterocycles. The third kappa shape index (κ3) is 18.1. The SMILES string of the molecule is COC(=O)C1C2CC(OC3OC(C)C(O)C(N)C3O)/C=C/C=C/C=C/C=C/C=C/C=C/C=C/C(C)C(O)C(C)C(C)OC(=O)CC(O)CC(O)CCC(O)C(O)CC(O)CC(F)(O2)C(O)C1O. The summed E-state index contributed by atoms with van der Waals surface area (Å²) in [6, 6.07) is -1.19. The maximum Gasteiger partial charge on any atom is 0.314 e. The number of aliphatic hydroxyl groups is 10. The summed E-state index contributed by atoms with van der Waals surface area (Å²) in [6.45, 7) is 6.69. The van der Waals surface area contributed by atoms with E-state index in [1.165, 1.54) is 19.1 Å². The van der Waals surface area contributed by atoms with E-state index in [-0.39, 0.29) is 25.2 Å². The average molecular weight is 956 g/mol. The molecule has 0 saturated carbocycles. The Balaban J connectivity index is 1.91. The van der Waals surface area contributed by atoms with Crippen LogP contribution in [0.1, 0.15) is 72.6 Å². The molecule has 20 unspecified atom stereocenters. The summed E-state index contributed by atoms with van der Waals surface area (Å²) in [5.41, 5.74) is 6.02. The number of carbonyl (C=O) groups excluding carboxylic acids is 2. The van der Waals surface area contributed by atoms with Gasteiger partial charge in [0.2, 0.25) is 5.85 Å². The molecule has 0 aliphatic carbocycles. The van der Waals surface area contributed by atoms with Gasteiger partial charge in [0.1, 0.15) is 30.3 Å². The van der Waals surface area contributed by atoms with Gasteiger partial charge in [-0.15, -0.1) is 0 Å². The van der Waals surface area contributed by atoms with E-state index in [2.05, 4.69) is 0 Å². The Morgan fingerprint density at radius 2 is 1.25 bits per heavy atom. The zero-order valence-corrected chi connectivity index (χ0v) is 38.8. The number of halogens is 1. The van der Waals surface area contributed by atoms with Crippen molar-refractivity contribution in [3.8, 4) is 0 Å². The molecule has 3 aliphatic rings. The van der Waals surface area contributed by atoms with E-state index < -0.39 is 153 Å². The van der Waals surface area contributed by atoms with Gasteiger partial charge < -0.3 is 80.5 Å². The number of nitrogens with two attached hydrogens (primary N) is 1. The van der Waals surface area contributed by atoms with Crippen molar-refractivity contribution in [2.24, 2.45) is 23.5 Å². The fourth-order valence-electron chi connectivity index (χ4n) is 8.02. The molecule has 380 valence electrons. The number of cyclic esters (lactones) is 1. The second-order valence-electron chi connectivity index (χ2n) is 17.8. The first kappa shape index (κ1) is 57.8. The van der Waals surface area contributed by atoms with Gasteiger partial charge in [0.25, 0.3) is 0 Å². The van der Waals surface area contributed by atoms with Crippen molar-refractivity contribution in [2.75, 3.05) is 7.11 Å². The Kier molecular flexibility index (Phi) is 24.4. The van der Waals surface area contributed by atoms with Crippen LogP contribution in [0.3, 0.4) is 0 Å². The largest absolute Gasteiger partial charge is 0.469 e. The summed E-state index contributed by atoms with van der Waals surface area (Å²) >= 11 is 0. The Morgan fingerprint density at radius 1 is 0.687 bits per heavy atom. The van der Waals surface area contributed by atoms with Gasteiger partial charge in [0.05, 0.1) is 80.6 Å². The molecular formula is C48H74FNO17. The van der Waals surface area contributed by atoms with Crippen LogP contribution in [0.2, 0.25) is 0 Å². The van der Waals surface area contributed by atoms with Gasteiger partial charge in [-0.1, -0.05) is 98.9 Å². The van der Waals surface area contributed by atoms with Gasteiger partial charge in [-0.05, 0) is 33.1 Å². The van der Waals surface area contributed by atoms with Crippen molar-refractivity contribution in [3.05, 3.63) is 85.1 Å². The molecule has 12 N–H and O–H groups in total. The van der Waals surface area contributed by atoms with Crippen LogP contribution in [0.15, 0.2) is 85.1 Å². The third-order valence-corrected chi connectivity index (χ3v) is 12.3. The van der Waals surface area contributed by atoms with E-state index in [0.717, 1.165) is 7.11 Å². The molecule has 0 aromatic rings. The number of aliphatic hydroxyl groups excluding tert-OH is 10. The number of ether oxygens (including phenoxy) is 5. The highest BCUT2D eigenvalue weighted by atomic mass is 19.2. The first-order valence-electron chi connectivity index (χ1n) is 22.8. The fourth-order valence-corrected chi connectivity index (χ4v) is 8.02. The fraction of sp³-hybridized carbons (Fsp3) is 0.667. The van der Waals surface area contributed by atoms with Crippen molar-refractivity contribution in [2.45, 2.75) is 176 Å². The predicted molar refractivity (Wildman–Crippen MR) is 242 cm³/mol. The highest BCUT2D eigenvalue weighted by molar-refractivity contribution is 5.74. The monoisotopic (exact) mass is 955 g/mol. The van der Waals surface area contributed by atoms with Gasteiger partial charge >= 0.3 is 11.9 Å². The lowest BCUT2D eigenvalue weighted by Gasteiger charge is -2.46. The summed E-state index contributed by atoms with van der Waals surface area (Å²) in [6.07, 6.45) is -1.03. The molecule has 2 bridgehead atoms. The summed E-state index contributed by atoms with van der Waals surface area (Å²) < 4.78 is 44.6. The number of hydrogen-bond acceptors (Lipinski definition) is 18. The van der Waals surface area contributed by atoms with Gasteiger partial charge in [-0.2, -0.15) is 0 Å². The molecule has 3 aliphatic heterocycles. The molecule has 3 rings (SSSR count). The van der Waals surface area contributed by atoms with Crippen molar-refractivity contribution >= 4 is 11.9 Å². The normalized spacial score (nSPS) is 45.6. The highest BCUT2D eigenvalue weighted by Crippen LogP contribution is 2.41. The lowest BCUT2D eigenvalue weighted by atomic mass is 9.81. The molecule has 3 heterocycles. The van der Waals surface area contributed by atoms with Gasteiger partial charge in [-0.25, -0.2) is 4.39 Å². The number of hydrogen-bond donors (Lipinski definition) is 11. The minimum atomic E-state index is -3.26. The van der Waals surface area contributed by atoms with Gasteiger partial charge in [-0.3, -0.25) is 9.59 Å². The van der Waals surface area contributed by atoms with Crippen LogP contribution in [0.4, 0.5) is 4.39 Å². The lowest BCUT2D eigenvalue weighted by molar-refractivity contribution is -0.319. The van der Waals surface area contributed by atoms with E-state index in [0.29, 0.717) is 0 Å². The number of esters is 2. The molecule has 0 aromatic heterocycles. The Morgan fingerprint density at radius 3 is 1.84 bits per heavy atom. The number of fused-ring (bicyclic) bond motifs is 2. The topological polar surface area (TPSA) is 309 Å². The number of allylic oxidation sites excluding steroid dienone is 12. The molecule has 18 nitrogen and oxygen atoms in total. The first-order chi connectivity index (χ1) is 31.6. The van der Waals surface area contributed by atoms with Gasteiger partial charge in [0, 0.05) is 31.1 Å². The van der Waals surface area contributed by atoms with E-state index in [1.807, 2.05) is 13.0 Å². The number of alkyl halides is 1. The highest BCUT2D eigenvalue weighted by Gasteiger charge is 2.58. The van der Waals surface area contributed by atoms with Crippen LogP contribution in [0.5, 0.6) is 0 Å². The minimum absolute atomic E-state index is 0.163. The number of methoxy groups -OCH3 is 1. The Bertz CT molecular complexity index is 1720. The van der Waals surface area contributed by atoms with Crippen LogP contribution in [-0.4, -0.2) is 174 Å². The number of rotatable bonds is 3. The zero-order valence-electron chi connectivity index (χ0n) is 38.8. The second kappa shape index (κ2) is 28.2. The number of carbonyl (C=O) groups is 2. The van der Waals surface area contributed by atoms with E-state index in [9.17, 15) is 60.7 Å². The van der Waals surface area contributed by atoms with E-state index >= 15 is 4.39 Å². The molecular weight excluding hydrogens is 882 g/mol.